The Balaban J connectivity index is 2.37. The van der Waals surface area contributed by atoms with Crippen molar-refractivity contribution < 1.29 is 0 Å². The Morgan fingerprint density at radius 3 is 2.71 bits per heavy atom. The maximum atomic E-state index is 12.0. The molecule has 0 unspecified atom stereocenters. The summed E-state index contributed by atoms with van der Waals surface area (Å²) >= 11 is 0. The normalized spacial score (nSPS) is 11.1. The highest BCUT2D eigenvalue weighted by Gasteiger charge is 2.12. The lowest BCUT2D eigenvalue weighted by Crippen LogP contribution is -2.22. The van der Waals surface area contributed by atoms with E-state index in [4.69, 9.17) is 0 Å². The van der Waals surface area contributed by atoms with Gasteiger partial charge >= 0.3 is 5.69 Å². The van der Waals surface area contributed by atoms with Crippen LogP contribution in [0.25, 0.3) is 22.2 Å². The molecule has 0 spiro atoms. The Morgan fingerprint density at radius 1 is 1.19 bits per heavy atom. The SMILES string of the molecule is CCc1cc2[nH]c(=O)[nH]c(=O)c2cc1-c1ccnn1CC. The minimum absolute atomic E-state index is 0.375. The predicted octanol–water partition coefficient (Wildman–Crippen LogP) is 1.66. The molecule has 2 N–H and O–H groups in total. The fourth-order valence-corrected chi connectivity index (χ4v) is 2.60. The number of aromatic amines is 2. The molecule has 2 heterocycles. The number of fused-ring (bicyclic) bond motifs is 1. The van der Waals surface area contributed by atoms with Crippen LogP contribution in [0.3, 0.4) is 0 Å². The molecule has 0 bridgehead atoms. The van der Waals surface area contributed by atoms with Gasteiger partial charge in [0.1, 0.15) is 0 Å². The molecule has 0 aliphatic carbocycles. The van der Waals surface area contributed by atoms with Gasteiger partial charge in [-0.2, -0.15) is 5.10 Å². The van der Waals surface area contributed by atoms with Crippen molar-refractivity contribution in [3.63, 3.8) is 0 Å². The smallest absolute Gasteiger partial charge is 0.307 e. The summed E-state index contributed by atoms with van der Waals surface area (Å²) in [6.07, 6.45) is 2.55. The van der Waals surface area contributed by atoms with Crippen LogP contribution in [-0.2, 0) is 13.0 Å². The van der Waals surface area contributed by atoms with Gasteiger partial charge in [-0.1, -0.05) is 6.92 Å². The zero-order chi connectivity index (χ0) is 15.0. The molecule has 3 rings (SSSR count). The number of H-pyrrole nitrogens is 2. The van der Waals surface area contributed by atoms with Gasteiger partial charge in [0.15, 0.2) is 0 Å². The van der Waals surface area contributed by atoms with Gasteiger partial charge in [0.2, 0.25) is 0 Å². The summed E-state index contributed by atoms with van der Waals surface area (Å²) in [5.41, 5.74) is 2.72. The van der Waals surface area contributed by atoms with Gasteiger partial charge in [0, 0.05) is 18.3 Å². The van der Waals surface area contributed by atoms with E-state index in [0.717, 1.165) is 29.8 Å². The van der Waals surface area contributed by atoms with Crippen LogP contribution in [0.5, 0.6) is 0 Å². The predicted molar refractivity (Wildman–Crippen MR) is 81.5 cm³/mol. The van der Waals surface area contributed by atoms with Crippen LogP contribution in [0.4, 0.5) is 0 Å². The fourth-order valence-electron chi connectivity index (χ4n) is 2.60. The molecule has 0 atom stereocenters. The molecule has 21 heavy (non-hydrogen) atoms. The molecule has 0 amide bonds. The van der Waals surface area contributed by atoms with Crippen molar-refractivity contribution in [2.24, 2.45) is 0 Å². The van der Waals surface area contributed by atoms with Crippen LogP contribution in [0.2, 0.25) is 0 Å². The first-order valence-corrected chi connectivity index (χ1v) is 6.95. The van der Waals surface area contributed by atoms with Gasteiger partial charge in [-0.25, -0.2) is 4.79 Å². The van der Waals surface area contributed by atoms with E-state index in [1.54, 1.807) is 6.20 Å². The molecule has 1 aromatic carbocycles. The zero-order valence-electron chi connectivity index (χ0n) is 11.9. The average Bonchev–Trinajstić information content (AvgIpc) is 2.94. The van der Waals surface area contributed by atoms with E-state index >= 15 is 0 Å². The first kappa shape index (κ1) is 13.4. The number of nitrogens with one attached hydrogen (secondary N) is 2. The lowest BCUT2D eigenvalue weighted by molar-refractivity contribution is 0.666. The van der Waals surface area contributed by atoms with Crippen molar-refractivity contribution in [2.45, 2.75) is 26.8 Å². The van der Waals surface area contributed by atoms with Crippen LogP contribution >= 0.6 is 0 Å². The Labute approximate surface area is 120 Å². The molecular formula is C15H16N4O2. The van der Waals surface area contributed by atoms with Crippen molar-refractivity contribution in [2.75, 3.05) is 0 Å². The van der Waals surface area contributed by atoms with Crippen LogP contribution in [0.1, 0.15) is 19.4 Å². The van der Waals surface area contributed by atoms with Gasteiger partial charge in [0.25, 0.3) is 5.56 Å². The zero-order valence-corrected chi connectivity index (χ0v) is 11.9. The first-order valence-electron chi connectivity index (χ1n) is 6.95. The molecule has 3 aromatic rings. The molecule has 0 radical (unpaired) electrons. The Bertz CT molecular complexity index is 917. The molecule has 0 aliphatic rings. The van der Waals surface area contributed by atoms with E-state index in [0.29, 0.717) is 10.9 Å². The Kier molecular flexibility index (Phi) is 3.21. The topological polar surface area (TPSA) is 83.5 Å². The van der Waals surface area contributed by atoms with Gasteiger partial charge in [0.05, 0.1) is 16.6 Å². The van der Waals surface area contributed by atoms with Crippen LogP contribution in [0.15, 0.2) is 34.0 Å². The molecular weight excluding hydrogens is 268 g/mol. The lowest BCUT2D eigenvalue weighted by atomic mass is 10.00. The molecule has 0 saturated heterocycles. The number of hydrogen-bond donors (Lipinski definition) is 2. The van der Waals surface area contributed by atoms with E-state index in [9.17, 15) is 9.59 Å². The standard InChI is InChI=1S/C15H16N4O2/c1-3-9-7-12-11(14(20)18-15(21)17-12)8-10(9)13-5-6-16-19(13)4-2/h5-8H,3-4H2,1-2H3,(H2,17,18,20,21). The molecule has 0 saturated carbocycles. The molecule has 6 heteroatoms. The first-order chi connectivity index (χ1) is 10.1. The number of benzene rings is 1. The van der Waals surface area contributed by atoms with Gasteiger partial charge in [-0.15, -0.1) is 0 Å². The van der Waals surface area contributed by atoms with E-state index in [1.807, 2.05) is 36.7 Å². The largest absolute Gasteiger partial charge is 0.326 e. The number of aromatic nitrogens is 4. The molecule has 0 fully saturated rings. The summed E-state index contributed by atoms with van der Waals surface area (Å²) in [5, 5.41) is 4.75. The molecule has 108 valence electrons. The van der Waals surface area contributed by atoms with Gasteiger partial charge in [-0.05, 0) is 37.1 Å². The maximum Gasteiger partial charge on any atom is 0.326 e. The summed E-state index contributed by atoms with van der Waals surface area (Å²) in [6, 6.07) is 5.63. The second kappa shape index (κ2) is 5.05. The van der Waals surface area contributed by atoms with E-state index in [1.165, 1.54) is 0 Å². The second-order valence-corrected chi connectivity index (χ2v) is 4.85. The van der Waals surface area contributed by atoms with Crippen LogP contribution < -0.4 is 11.2 Å². The third-order valence-electron chi connectivity index (χ3n) is 3.64. The summed E-state index contributed by atoms with van der Waals surface area (Å²) in [7, 11) is 0. The number of rotatable bonds is 3. The quantitative estimate of drug-likeness (QED) is 0.767. The molecule has 0 aliphatic heterocycles. The maximum absolute atomic E-state index is 12.0. The monoisotopic (exact) mass is 284 g/mol. The molecule has 2 aromatic heterocycles. The highest BCUT2D eigenvalue weighted by atomic mass is 16.2. The van der Waals surface area contributed by atoms with E-state index < -0.39 is 5.69 Å². The van der Waals surface area contributed by atoms with Gasteiger partial charge < -0.3 is 4.98 Å². The lowest BCUT2D eigenvalue weighted by Gasteiger charge is -2.11. The summed E-state index contributed by atoms with van der Waals surface area (Å²) < 4.78 is 1.89. The molecule has 6 nitrogen and oxygen atoms in total. The number of hydrogen-bond acceptors (Lipinski definition) is 3. The second-order valence-electron chi connectivity index (χ2n) is 4.85. The highest BCUT2D eigenvalue weighted by Crippen LogP contribution is 2.27. The summed E-state index contributed by atoms with van der Waals surface area (Å²) in [5.74, 6) is 0. The van der Waals surface area contributed by atoms with Crippen molar-refractivity contribution in [3.05, 3.63) is 50.8 Å². The third kappa shape index (κ3) is 2.18. The fraction of sp³-hybridized carbons (Fsp3) is 0.267. The van der Waals surface area contributed by atoms with Crippen LogP contribution in [-0.4, -0.2) is 19.7 Å². The number of aryl methyl sites for hydroxylation is 2. The van der Waals surface area contributed by atoms with Gasteiger partial charge in [-0.3, -0.25) is 14.5 Å². The minimum Gasteiger partial charge on any atom is -0.307 e. The minimum atomic E-state index is -0.485. The summed E-state index contributed by atoms with van der Waals surface area (Å²) in [4.78, 5) is 28.3. The third-order valence-corrected chi connectivity index (χ3v) is 3.64. The highest BCUT2D eigenvalue weighted by molar-refractivity contribution is 5.85. The Morgan fingerprint density at radius 2 is 2.00 bits per heavy atom. The Hall–Kier alpha value is -2.63. The van der Waals surface area contributed by atoms with Crippen molar-refractivity contribution >= 4 is 10.9 Å². The van der Waals surface area contributed by atoms with Crippen molar-refractivity contribution in [1.82, 2.24) is 19.7 Å². The van der Waals surface area contributed by atoms with Crippen molar-refractivity contribution in [3.8, 4) is 11.3 Å². The average molecular weight is 284 g/mol. The van der Waals surface area contributed by atoms with Crippen LogP contribution in [0, 0.1) is 0 Å². The van der Waals surface area contributed by atoms with Crippen molar-refractivity contribution in [1.29, 1.82) is 0 Å². The number of nitrogens with zero attached hydrogens (tertiary/aromatic N) is 2. The van der Waals surface area contributed by atoms with E-state index in [2.05, 4.69) is 15.1 Å². The van der Waals surface area contributed by atoms with E-state index in [-0.39, 0.29) is 5.56 Å². The summed E-state index contributed by atoms with van der Waals surface area (Å²) in [6.45, 7) is 4.82.